The molecule has 8 nitrogen and oxygen atoms in total. The van der Waals surface area contributed by atoms with Gasteiger partial charge in [0.1, 0.15) is 12.9 Å². The number of tetrazole rings is 1. The standard InChI is InChI=1S/C11H11N7OS/c1-17-8-4-2-3-5-9(8)20-11(17)14-13-10(19)6-18-7-12-15-16-18/h2-5,7H,6H2,1H3,(H,13,19)/b14-11+. The van der Waals surface area contributed by atoms with Gasteiger partial charge in [-0.05, 0) is 22.6 Å². The van der Waals surface area contributed by atoms with Gasteiger partial charge in [-0.1, -0.05) is 23.5 Å². The van der Waals surface area contributed by atoms with Crippen molar-refractivity contribution < 1.29 is 4.79 Å². The van der Waals surface area contributed by atoms with Crippen molar-refractivity contribution in [2.45, 2.75) is 6.54 Å². The first-order valence-corrected chi connectivity index (χ1v) is 6.63. The predicted octanol–water partition coefficient (Wildman–Crippen LogP) is -0.142. The molecule has 0 spiro atoms. The molecule has 0 saturated carbocycles. The van der Waals surface area contributed by atoms with Crippen molar-refractivity contribution >= 4 is 27.5 Å². The fourth-order valence-electron chi connectivity index (χ4n) is 1.73. The van der Waals surface area contributed by atoms with Crippen LogP contribution >= 0.6 is 11.3 Å². The molecule has 1 aromatic carbocycles. The second-order valence-corrected chi connectivity index (χ2v) is 5.07. The summed E-state index contributed by atoms with van der Waals surface area (Å²) in [6.45, 7) is 0.0328. The number of carbonyl (C=O) groups excluding carboxylic acids is 1. The van der Waals surface area contributed by atoms with E-state index in [1.807, 2.05) is 35.9 Å². The lowest BCUT2D eigenvalue weighted by Gasteiger charge is -1.98. The van der Waals surface area contributed by atoms with Gasteiger partial charge >= 0.3 is 0 Å². The predicted molar refractivity (Wildman–Crippen MR) is 72.3 cm³/mol. The first kappa shape index (κ1) is 12.5. The molecule has 0 aliphatic carbocycles. The number of hydrogen-bond donors (Lipinski definition) is 1. The smallest absolute Gasteiger partial charge is 0.262 e. The van der Waals surface area contributed by atoms with E-state index in [1.165, 1.54) is 22.3 Å². The van der Waals surface area contributed by atoms with Crippen LogP contribution in [0.25, 0.3) is 10.2 Å². The number of fused-ring (bicyclic) bond motifs is 1. The number of rotatable bonds is 3. The summed E-state index contributed by atoms with van der Waals surface area (Å²) < 4.78 is 4.37. The van der Waals surface area contributed by atoms with Gasteiger partial charge in [-0.3, -0.25) is 4.79 Å². The van der Waals surface area contributed by atoms with Gasteiger partial charge in [-0.15, -0.1) is 10.2 Å². The van der Waals surface area contributed by atoms with E-state index in [0.717, 1.165) is 15.0 Å². The van der Waals surface area contributed by atoms with Crippen molar-refractivity contribution in [1.29, 1.82) is 0 Å². The summed E-state index contributed by atoms with van der Waals surface area (Å²) >= 11 is 1.51. The molecule has 3 aromatic rings. The largest absolute Gasteiger partial charge is 0.318 e. The third kappa shape index (κ3) is 2.43. The Hall–Kier alpha value is -2.55. The second kappa shape index (κ2) is 5.21. The third-order valence-electron chi connectivity index (χ3n) is 2.69. The van der Waals surface area contributed by atoms with Gasteiger partial charge in [-0.2, -0.15) is 0 Å². The lowest BCUT2D eigenvalue weighted by molar-refractivity contribution is -0.121. The molecule has 0 aliphatic rings. The Kier molecular flexibility index (Phi) is 3.25. The maximum atomic E-state index is 11.7. The topological polar surface area (TPSA) is 90.0 Å². The second-order valence-electron chi connectivity index (χ2n) is 4.07. The highest BCUT2D eigenvalue weighted by Crippen LogP contribution is 2.14. The molecule has 0 unspecified atom stereocenters. The molecule has 0 atom stereocenters. The van der Waals surface area contributed by atoms with Crippen LogP contribution < -0.4 is 10.2 Å². The molecule has 0 aliphatic heterocycles. The van der Waals surface area contributed by atoms with Crippen molar-refractivity contribution in [3.05, 3.63) is 35.4 Å². The molecule has 1 N–H and O–H groups in total. The highest BCUT2D eigenvalue weighted by atomic mass is 32.1. The van der Waals surface area contributed by atoms with E-state index in [4.69, 9.17) is 0 Å². The van der Waals surface area contributed by atoms with Crippen molar-refractivity contribution in [1.82, 2.24) is 30.2 Å². The van der Waals surface area contributed by atoms with Gasteiger partial charge in [0.2, 0.25) is 4.80 Å². The average molecular weight is 289 g/mol. The summed E-state index contributed by atoms with van der Waals surface area (Å²) in [5.74, 6) is -0.283. The van der Waals surface area contributed by atoms with Gasteiger partial charge in [0.25, 0.3) is 5.91 Å². The fraction of sp³-hybridized carbons (Fsp3) is 0.182. The Bertz CT molecular complexity index is 802. The van der Waals surface area contributed by atoms with Crippen LogP contribution in [-0.4, -0.2) is 30.7 Å². The monoisotopic (exact) mass is 289 g/mol. The van der Waals surface area contributed by atoms with E-state index < -0.39 is 0 Å². The minimum Gasteiger partial charge on any atom is -0.318 e. The number of amides is 1. The normalized spacial score (nSPS) is 11.9. The van der Waals surface area contributed by atoms with Crippen LogP contribution in [0, 0.1) is 0 Å². The van der Waals surface area contributed by atoms with Crippen LogP contribution in [0.1, 0.15) is 0 Å². The SMILES string of the molecule is Cn1/c(=N\NC(=O)Cn2cnnn2)sc2ccccc21. The van der Waals surface area contributed by atoms with E-state index in [9.17, 15) is 4.79 Å². The highest BCUT2D eigenvalue weighted by Gasteiger charge is 2.04. The molecule has 102 valence electrons. The van der Waals surface area contributed by atoms with Crippen molar-refractivity contribution in [2.24, 2.45) is 12.1 Å². The number of nitrogens with one attached hydrogen (secondary N) is 1. The number of aryl methyl sites for hydroxylation is 1. The van der Waals surface area contributed by atoms with Gasteiger partial charge in [0.15, 0.2) is 0 Å². The van der Waals surface area contributed by atoms with E-state index in [0.29, 0.717) is 0 Å². The summed E-state index contributed by atoms with van der Waals surface area (Å²) in [5.41, 5.74) is 3.57. The van der Waals surface area contributed by atoms with E-state index in [2.05, 4.69) is 26.1 Å². The van der Waals surface area contributed by atoms with E-state index in [-0.39, 0.29) is 12.5 Å². The lowest BCUT2D eigenvalue weighted by Crippen LogP contribution is -2.26. The molecule has 0 radical (unpaired) electrons. The molecule has 1 amide bonds. The van der Waals surface area contributed by atoms with Gasteiger partial charge < -0.3 is 4.57 Å². The Labute approximate surface area is 117 Å². The Morgan fingerprint density at radius 2 is 2.30 bits per heavy atom. The van der Waals surface area contributed by atoms with E-state index >= 15 is 0 Å². The Morgan fingerprint density at radius 3 is 3.05 bits per heavy atom. The zero-order valence-electron chi connectivity index (χ0n) is 10.6. The number of para-hydroxylation sites is 1. The summed E-state index contributed by atoms with van der Waals surface area (Å²) in [4.78, 5) is 12.4. The van der Waals surface area contributed by atoms with Crippen molar-refractivity contribution in [2.75, 3.05) is 0 Å². The quantitative estimate of drug-likeness (QED) is 0.679. The summed E-state index contributed by atoms with van der Waals surface area (Å²) in [7, 11) is 1.91. The van der Waals surface area contributed by atoms with Crippen LogP contribution in [0.15, 0.2) is 35.7 Å². The third-order valence-corrected chi connectivity index (χ3v) is 3.80. The highest BCUT2D eigenvalue weighted by molar-refractivity contribution is 7.16. The molecule has 2 aromatic heterocycles. The van der Waals surface area contributed by atoms with E-state index in [1.54, 1.807) is 0 Å². The number of aromatic nitrogens is 5. The summed E-state index contributed by atoms with van der Waals surface area (Å²) in [6.07, 6.45) is 1.37. The molecule has 20 heavy (non-hydrogen) atoms. The number of benzene rings is 1. The Balaban J connectivity index is 1.80. The Morgan fingerprint density at radius 1 is 1.45 bits per heavy atom. The molecule has 3 rings (SSSR count). The molecule has 0 fully saturated rings. The molecule has 9 heteroatoms. The van der Waals surface area contributed by atoms with Gasteiger partial charge in [0.05, 0.1) is 10.2 Å². The number of nitrogens with zero attached hydrogens (tertiary/aromatic N) is 6. The first-order valence-electron chi connectivity index (χ1n) is 5.82. The average Bonchev–Trinajstić information content (AvgIpc) is 3.06. The van der Waals surface area contributed by atoms with Crippen LogP contribution in [0.3, 0.4) is 0 Å². The van der Waals surface area contributed by atoms with Gasteiger partial charge in [-0.25, -0.2) is 10.1 Å². The van der Waals surface area contributed by atoms with Crippen molar-refractivity contribution in [3.63, 3.8) is 0 Å². The minimum atomic E-state index is -0.283. The molecular weight excluding hydrogens is 278 g/mol. The van der Waals surface area contributed by atoms with Crippen molar-refractivity contribution in [3.8, 4) is 0 Å². The number of hydrogen-bond acceptors (Lipinski definition) is 6. The molecular formula is C11H11N7OS. The van der Waals surface area contributed by atoms with Gasteiger partial charge in [0, 0.05) is 7.05 Å². The van der Waals surface area contributed by atoms with Crippen LogP contribution in [-0.2, 0) is 18.4 Å². The maximum Gasteiger partial charge on any atom is 0.262 e. The maximum absolute atomic E-state index is 11.7. The molecule has 0 bridgehead atoms. The van der Waals surface area contributed by atoms with Crippen LogP contribution in [0.2, 0.25) is 0 Å². The van der Waals surface area contributed by atoms with Crippen LogP contribution in [0.4, 0.5) is 0 Å². The van der Waals surface area contributed by atoms with Crippen LogP contribution in [0.5, 0.6) is 0 Å². The first-order chi connectivity index (χ1) is 9.74. The summed E-state index contributed by atoms with van der Waals surface area (Å²) in [5, 5.41) is 14.6. The zero-order chi connectivity index (χ0) is 13.9. The lowest BCUT2D eigenvalue weighted by atomic mass is 10.3. The summed E-state index contributed by atoms with van der Waals surface area (Å²) in [6, 6.07) is 7.96. The molecule has 2 heterocycles. The zero-order valence-corrected chi connectivity index (χ0v) is 11.4. The number of thiazole rings is 1. The fourth-order valence-corrected chi connectivity index (χ4v) is 2.71. The minimum absolute atomic E-state index is 0.0328. The molecule has 0 saturated heterocycles. The number of carbonyl (C=O) groups is 1.